The number of aromatic amines is 1. The Balaban J connectivity index is 1.78. The molecule has 7 heteroatoms. The molecule has 7 nitrogen and oxygen atoms in total. The maximum absolute atomic E-state index is 5.52. The maximum atomic E-state index is 5.52. The minimum absolute atomic E-state index is 0.685. The van der Waals surface area contributed by atoms with E-state index in [9.17, 15) is 0 Å². The zero-order valence-corrected chi connectivity index (χ0v) is 7.59. The van der Waals surface area contributed by atoms with Crippen molar-refractivity contribution >= 4 is 5.69 Å². The third-order valence-electron chi connectivity index (χ3n) is 1.83. The number of nitrogens with two attached hydrogens (primary N) is 1. The minimum Gasteiger partial charge on any atom is -0.396 e. The lowest BCUT2D eigenvalue weighted by molar-refractivity contribution is 0.571. The summed E-state index contributed by atoms with van der Waals surface area (Å²) in [5, 5.41) is 17.6. The Bertz CT molecular complexity index is 376. The highest BCUT2D eigenvalue weighted by atomic mass is 15.5. The topological polar surface area (TPSA) is 98.3 Å². The molecule has 0 saturated carbocycles. The van der Waals surface area contributed by atoms with E-state index in [0.717, 1.165) is 25.2 Å². The number of rotatable bonds is 4. The zero-order chi connectivity index (χ0) is 9.80. The summed E-state index contributed by atoms with van der Waals surface area (Å²) >= 11 is 0. The Labute approximate surface area is 80.3 Å². The van der Waals surface area contributed by atoms with Crippen LogP contribution in [0.25, 0.3) is 0 Å². The third-order valence-corrected chi connectivity index (χ3v) is 1.83. The van der Waals surface area contributed by atoms with Crippen LogP contribution in [-0.2, 0) is 13.0 Å². The first-order valence-corrected chi connectivity index (χ1v) is 4.35. The van der Waals surface area contributed by atoms with Gasteiger partial charge in [-0.3, -0.25) is 4.68 Å². The number of H-pyrrole nitrogens is 1. The fraction of sp³-hybridized carbons (Fsp3) is 0.429. The van der Waals surface area contributed by atoms with E-state index in [1.165, 1.54) is 0 Å². The molecule has 0 unspecified atom stereocenters. The van der Waals surface area contributed by atoms with Gasteiger partial charge in [-0.1, -0.05) is 5.21 Å². The van der Waals surface area contributed by atoms with Gasteiger partial charge in [-0.05, 0) is 6.42 Å². The summed E-state index contributed by atoms with van der Waals surface area (Å²) in [4.78, 5) is 0. The molecule has 14 heavy (non-hydrogen) atoms. The molecule has 0 aliphatic heterocycles. The van der Waals surface area contributed by atoms with Gasteiger partial charge in [0.25, 0.3) is 0 Å². The Morgan fingerprint density at radius 1 is 1.50 bits per heavy atom. The summed E-state index contributed by atoms with van der Waals surface area (Å²) < 4.78 is 1.80. The number of hydrogen-bond donors (Lipinski definition) is 2. The molecule has 0 atom stereocenters. The molecule has 0 aliphatic rings. The van der Waals surface area contributed by atoms with Gasteiger partial charge < -0.3 is 5.73 Å². The van der Waals surface area contributed by atoms with Gasteiger partial charge in [0.2, 0.25) is 0 Å². The van der Waals surface area contributed by atoms with Crippen LogP contribution in [-0.4, -0.2) is 30.4 Å². The van der Waals surface area contributed by atoms with Gasteiger partial charge in [0.05, 0.1) is 11.9 Å². The monoisotopic (exact) mass is 193 g/mol. The van der Waals surface area contributed by atoms with Crippen molar-refractivity contribution in [1.82, 2.24) is 30.4 Å². The van der Waals surface area contributed by atoms with E-state index < -0.39 is 0 Å². The largest absolute Gasteiger partial charge is 0.396 e. The number of tetrazole rings is 1. The van der Waals surface area contributed by atoms with E-state index in [0.29, 0.717) is 5.69 Å². The van der Waals surface area contributed by atoms with E-state index in [1.54, 1.807) is 17.1 Å². The van der Waals surface area contributed by atoms with Crippen molar-refractivity contribution in [3.63, 3.8) is 0 Å². The summed E-state index contributed by atoms with van der Waals surface area (Å²) in [5.41, 5.74) is 6.21. The first-order chi connectivity index (χ1) is 6.84. The lowest BCUT2D eigenvalue weighted by atomic mass is 10.3. The highest BCUT2D eigenvalue weighted by Gasteiger charge is 1.99. The van der Waals surface area contributed by atoms with Crippen molar-refractivity contribution in [2.75, 3.05) is 5.73 Å². The highest BCUT2D eigenvalue weighted by molar-refractivity contribution is 5.30. The van der Waals surface area contributed by atoms with Gasteiger partial charge in [-0.25, -0.2) is 0 Å². The van der Waals surface area contributed by atoms with Gasteiger partial charge >= 0.3 is 0 Å². The Morgan fingerprint density at radius 3 is 3.07 bits per heavy atom. The Morgan fingerprint density at radius 2 is 2.43 bits per heavy atom. The van der Waals surface area contributed by atoms with Crippen molar-refractivity contribution in [3.8, 4) is 0 Å². The highest BCUT2D eigenvalue weighted by Crippen LogP contribution is 2.00. The second-order valence-electron chi connectivity index (χ2n) is 2.97. The van der Waals surface area contributed by atoms with Crippen LogP contribution in [0.3, 0.4) is 0 Å². The molecule has 2 aromatic rings. The summed E-state index contributed by atoms with van der Waals surface area (Å²) in [6, 6.07) is 0. The summed E-state index contributed by atoms with van der Waals surface area (Å²) in [5.74, 6) is 0.727. The SMILES string of the molecule is Nc1cnn(CCCc2nn[nH]n2)c1. The number of aryl methyl sites for hydroxylation is 2. The van der Waals surface area contributed by atoms with Crippen LogP contribution in [0.4, 0.5) is 5.69 Å². The molecule has 3 N–H and O–H groups in total. The van der Waals surface area contributed by atoms with Gasteiger partial charge in [-0.2, -0.15) is 10.3 Å². The van der Waals surface area contributed by atoms with E-state index in [1.807, 2.05) is 0 Å². The predicted molar refractivity (Wildman–Crippen MR) is 49.1 cm³/mol. The van der Waals surface area contributed by atoms with Gasteiger partial charge in [0.1, 0.15) is 0 Å². The maximum Gasteiger partial charge on any atom is 0.174 e. The summed E-state index contributed by atoms with van der Waals surface area (Å²) in [6.45, 7) is 0.811. The first kappa shape index (κ1) is 8.67. The second-order valence-corrected chi connectivity index (χ2v) is 2.97. The van der Waals surface area contributed by atoms with Gasteiger partial charge in [0, 0.05) is 19.2 Å². The van der Waals surface area contributed by atoms with Crippen LogP contribution >= 0.6 is 0 Å². The molecule has 0 aliphatic carbocycles. The molecule has 0 amide bonds. The Hall–Kier alpha value is -1.92. The van der Waals surface area contributed by atoms with Crippen LogP contribution in [0.15, 0.2) is 12.4 Å². The van der Waals surface area contributed by atoms with Crippen molar-refractivity contribution in [1.29, 1.82) is 0 Å². The predicted octanol–water partition coefficient (Wildman–Crippen LogP) is -0.389. The average Bonchev–Trinajstić information content (AvgIpc) is 2.77. The van der Waals surface area contributed by atoms with Crippen LogP contribution in [0.2, 0.25) is 0 Å². The Kier molecular flexibility index (Phi) is 2.39. The van der Waals surface area contributed by atoms with E-state index in [2.05, 4.69) is 25.7 Å². The number of nitrogens with zero attached hydrogens (tertiary/aromatic N) is 5. The zero-order valence-electron chi connectivity index (χ0n) is 7.59. The van der Waals surface area contributed by atoms with E-state index in [4.69, 9.17) is 5.73 Å². The molecule has 74 valence electrons. The fourth-order valence-electron chi connectivity index (χ4n) is 1.19. The van der Waals surface area contributed by atoms with E-state index in [-0.39, 0.29) is 0 Å². The van der Waals surface area contributed by atoms with Crippen LogP contribution in [0, 0.1) is 0 Å². The summed E-state index contributed by atoms with van der Waals surface area (Å²) in [7, 11) is 0. The number of hydrogen-bond acceptors (Lipinski definition) is 5. The summed E-state index contributed by atoms with van der Waals surface area (Å²) in [6.07, 6.45) is 5.14. The van der Waals surface area contributed by atoms with Crippen LogP contribution in [0.1, 0.15) is 12.2 Å². The lowest BCUT2D eigenvalue weighted by Crippen LogP contribution is -2.00. The van der Waals surface area contributed by atoms with Crippen LogP contribution in [0.5, 0.6) is 0 Å². The molecule has 0 fully saturated rings. The fourth-order valence-corrected chi connectivity index (χ4v) is 1.19. The van der Waals surface area contributed by atoms with E-state index >= 15 is 0 Å². The molecular weight excluding hydrogens is 182 g/mol. The normalized spacial score (nSPS) is 10.6. The quantitative estimate of drug-likeness (QED) is 0.689. The molecule has 2 aromatic heterocycles. The van der Waals surface area contributed by atoms with Crippen molar-refractivity contribution < 1.29 is 0 Å². The number of nitrogens with one attached hydrogen (secondary N) is 1. The number of anilines is 1. The number of nitrogen functional groups attached to an aromatic ring is 1. The smallest absolute Gasteiger partial charge is 0.174 e. The standard InChI is InChI=1S/C7H11N7/c8-6-4-9-14(5-6)3-1-2-7-10-12-13-11-7/h4-5H,1-3,8H2,(H,10,11,12,13). The molecule has 0 saturated heterocycles. The third kappa shape index (κ3) is 2.06. The second kappa shape index (κ2) is 3.86. The molecule has 0 bridgehead atoms. The lowest BCUT2D eigenvalue weighted by Gasteiger charge is -1.97. The number of aromatic nitrogens is 6. The molecule has 2 rings (SSSR count). The molecule has 0 spiro atoms. The van der Waals surface area contributed by atoms with Crippen LogP contribution < -0.4 is 5.73 Å². The van der Waals surface area contributed by atoms with Crippen molar-refractivity contribution in [2.24, 2.45) is 0 Å². The minimum atomic E-state index is 0.685. The van der Waals surface area contributed by atoms with Gasteiger partial charge in [-0.15, -0.1) is 10.2 Å². The van der Waals surface area contributed by atoms with Gasteiger partial charge in [0.15, 0.2) is 5.82 Å². The molecule has 0 aromatic carbocycles. The molecule has 0 radical (unpaired) electrons. The van der Waals surface area contributed by atoms with Crippen molar-refractivity contribution in [2.45, 2.75) is 19.4 Å². The average molecular weight is 193 g/mol. The first-order valence-electron chi connectivity index (χ1n) is 4.35. The molecule has 2 heterocycles. The van der Waals surface area contributed by atoms with Crippen molar-refractivity contribution in [3.05, 3.63) is 18.2 Å². The molecular formula is C7H11N7.